The molecule has 0 aromatic heterocycles. The lowest BCUT2D eigenvalue weighted by Crippen LogP contribution is -1.91. The van der Waals surface area contributed by atoms with Crippen molar-refractivity contribution in [1.82, 2.24) is 0 Å². The second kappa shape index (κ2) is 4.78. The van der Waals surface area contributed by atoms with Crippen LogP contribution < -0.4 is 10.5 Å². The summed E-state index contributed by atoms with van der Waals surface area (Å²) in [4.78, 5) is 0. The van der Waals surface area contributed by atoms with Crippen molar-refractivity contribution in [2.24, 2.45) is 0 Å². The van der Waals surface area contributed by atoms with Crippen molar-refractivity contribution >= 4 is 5.69 Å². The SMILES string of the molecule is CCOc1ccc(-c2cccc(N)c2O)cc1. The Morgan fingerprint density at radius 3 is 2.47 bits per heavy atom. The number of benzene rings is 2. The van der Waals surface area contributed by atoms with Crippen molar-refractivity contribution in [1.29, 1.82) is 0 Å². The summed E-state index contributed by atoms with van der Waals surface area (Å²) < 4.78 is 5.36. The van der Waals surface area contributed by atoms with Crippen molar-refractivity contribution in [3.05, 3.63) is 42.5 Å². The van der Waals surface area contributed by atoms with Gasteiger partial charge < -0.3 is 15.6 Å². The van der Waals surface area contributed by atoms with Crippen molar-refractivity contribution < 1.29 is 9.84 Å². The quantitative estimate of drug-likeness (QED) is 0.628. The van der Waals surface area contributed by atoms with Crippen molar-refractivity contribution in [2.45, 2.75) is 6.92 Å². The van der Waals surface area contributed by atoms with Crippen LogP contribution in [0.2, 0.25) is 0 Å². The number of phenolic OH excluding ortho intramolecular Hbond substituents is 1. The molecule has 0 spiro atoms. The highest BCUT2D eigenvalue weighted by molar-refractivity contribution is 5.76. The van der Waals surface area contributed by atoms with Crippen LogP contribution in [0.25, 0.3) is 11.1 Å². The summed E-state index contributed by atoms with van der Waals surface area (Å²) in [5.74, 6) is 0.941. The Kier molecular flexibility index (Phi) is 3.19. The maximum absolute atomic E-state index is 9.87. The second-order valence-electron chi connectivity index (χ2n) is 3.70. The van der Waals surface area contributed by atoms with Crippen molar-refractivity contribution in [3.8, 4) is 22.6 Å². The molecule has 0 saturated heterocycles. The summed E-state index contributed by atoms with van der Waals surface area (Å²) in [5.41, 5.74) is 7.69. The molecular formula is C14H15NO2. The van der Waals surface area contributed by atoms with Gasteiger partial charge in [0.25, 0.3) is 0 Å². The first-order chi connectivity index (χ1) is 8.22. The minimum atomic E-state index is 0.122. The lowest BCUT2D eigenvalue weighted by Gasteiger charge is -2.08. The number of para-hydroxylation sites is 1. The molecule has 17 heavy (non-hydrogen) atoms. The highest BCUT2D eigenvalue weighted by Crippen LogP contribution is 2.34. The molecule has 0 saturated carbocycles. The van der Waals surface area contributed by atoms with E-state index in [1.54, 1.807) is 6.07 Å². The molecule has 0 bridgehead atoms. The number of anilines is 1. The van der Waals surface area contributed by atoms with Crippen LogP contribution in [0.15, 0.2) is 42.5 Å². The van der Waals surface area contributed by atoms with Crippen LogP contribution in [0.4, 0.5) is 5.69 Å². The first kappa shape index (κ1) is 11.3. The molecule has 0 aliphatic heterocycles. The van der Waals surface area contributed by atoms with Gasteiger partial charge >= 0.3 is 0 Å². The molecule has 2 rings (SSSR count). The molecule has 0 aliphatic carbocycles. The molecule has 0 unspecified atom stereocenters. The molecule has 2 aromatic carbocycles. The third kappa shape index (κ3) is 2.33. The Balaban J connectivity index is 2.36. The summed E-state index contributed by atoms with van der Waals surface area (Å²) in [7, 11) is 0. The van der Waals surface area contributed by atoms with E-state index in [9.17, 15) is 5.11 Å². The molecule has 0 radical (unpaired) electrons. The van der Waals surface area contributed by atoms with E-state index in [4.69, 9.17) is 10.5 Å². The number of hydrogen-bond donors (Lipinski definition) is 2. The van der Waals surface area contributed by atoms with Crippen LogP contribution in [-0.2, 0) is 0 Å². The van der Waals surface area contributed by atoms with Crippen LogP contribution >= 0.6 is 0 Å². The number of hydrogen-bond acceptors (Lipinski definition) is 3. The molecule has 3 N–H and O–H groups in total. The summed E-state index contributed by atoms with van der Waals surface area (Å²) in [6, 6.07) is 12.9. The standard InChI is InChI=1S/C14H15NO2/c1-2-17-11-8-6-10(7-9-11)12-4-3-5-13(15)14(12)16/h3-9,16H,2,15H2,1H3. The van der Waals surface area contributed by atoms with E-state index in [1.807, 2.05) is 43.3 Å². The predicted molar refractivity (Wildman–Crippen MR) is 69.1 cm³/mol. The van der Waals surface area contributed by atoms with Gasteiger partial charge in [0.1, 0.15) is 11.5 Å². The van der Waals surface area contributed by atoms with Gasteiger partial charge in [0.05, 0.1) is 12.3 Å². The molecule has 0 heterocycles. The van der Waals surface area contributed by atoms with Gasteiger partial charge in [-0.05, 0) is 30.7 Å². The Morgan fingerprint density at radius 1 is 1.12 bits per heavy atom. The van der Waals surface area contributed by atoms with Crippen LogP contribution in [0.5, 0.6) is 11.5 Å². The van der Waals surface area contributed by atoms with Crippen molar-refractivity contribution in [3.63, 3.8) is 0 Å². The van der Waals surface area contributed by atoms with E-state index < -0.39 is 0 Å². The molecule has 0 amide bonds. The molecule has 88 valence electrons. The van der Waals surface area contributed by atoms with Crippen molar-refractivity contribution in [2.75, 3.05) is 12.3 Å². The highest BCUT2D eigenvalue weighted by Gasteiger charge is 2.06. The van der Waals surface area contributed by atoms with E-state index in [0.717, 1.165) is 16.9 Å². The van der Waals surface area contributed by atoms with E-state index in [2.05, 4.69) is 0 Å². The Morgan fingerprint density at radius 2 is 1.82 bits per heavy atom. The average molecular weight is 229 g/mol. The largest absolute Gasteiger partial charge is 0.505 e. The number of aromatic hydroxyl groups is 1. The Labute approximate surface area is 100 Å². The lowest BCUT2D eigenvalue weighted by molar-refractivity contribution is 0.340. The zero-order valence-electron chi connectivity index (χ0n) is 9.68. The molecule has 3 heteroatoms. The zero-order valence-corrected chi connectivity index (χ0v) is 9.68. The first-order valence-electron chi connectivity index (χ1n) is 5.53. The lowest BCUT2D eigenvalue weighted by atomic mass is 10.0. The minimum absolute atomic E-state index is 0.122. The van der Waals surface area contributed by atoms with Crippen LogP contribution in [0.3, 0.4) is 0 Å². The van der Waals surface area contributed by atoms with Gasteiger partial charge in [-0.3, -0.25) is 0 Å². The number of nitrogens with two attached hydrogens (primary N) is 1. The normalized spacial score (nSPS) is 10.2. The van der Waals surface area contributed by atoms with Gasteiger partial charge in [0, 0.05) is 5.56 Å². The summed E-state index contributed by atoms with van der Waals surface area (Å²) in [5, 5.41) is 9.87. The fourth-order valence-electron chi connectivity index (χ4n) is 1.69. The number of ether oxygens (including phenoxy) is 1. The summed E-state index contributed by atoms with van der Waals surface area (Å²) in [6.45, 7) is 2.58. The maximum Gasteiger partial charge on any atom is 0.146 e. The Bertz CT molecular complexity index is 506. The van der Waals surface area contributed by atoms with Gasteiger partial charge in [0.2, 0.25) is 0 Å². The van der Waals surface area contributed by atoms with Gasteiger partial charge in [-0.1, -0.05) is 24.3 Å². The second-order valence-corrected chi connectivity index (χ2v) is 3.70. The molecule has 0 fully saturated rings. The van der Waals surface area contributed by atoms with E-state index in [0.29, 0.717) is 12.3 Å². The first-order valence-corrected chi connectivity index (χ1v) is 5.53. The number of phenols is 1. The fourth-order valence-corrected chi connectivity index (χ4v) is 1.69. The molecule has 0 atom stereocenters. The molecule has 2 aromatic rings. The van der Waals surface area contributed by atoms with Crippen LogP contribution in [0, 0.1) is 0 Å². The Hall–Kier alpha value is -2.16. The summed E-state index contributed by atoms with van der Waals surface area (Å²) >= 11 is 0. The smallest absolute Gasteiger partial charge is 0.146 e. The number of nitrogen functional groups attached to an aromatic ring is 1. The van der Waals surface area contributed by atoms with E-state index >= 15 is 0 Å². The van der Waals surface area contributed by atoms with Gasteiger partial charge in [-0.2, -0.15) is 0 Å². The van der Waals surface area contributed by atoms with E-state index in [-0.39, 0.29) is 5.75 Å². The fraction of sp³-hybridized carbons (Fsp3) is 0.143. The highest BCUT2D eigenvalue weighted by atomic mass is 16.5. The average Bonchev–Trinajstić information content (AvgIpc) is 2.34. The molecule has 3 nitrogen and oxygen atoms in total. The molecular weight excluding hydrogens is 214 g/mol. The summed E-state index contributed by atoms with van der Waals surface area (Å²) in [6.07, 6.45) is 0. The minimum Gasteiger partial charge on any atom is -0.505 e. The maximum atomic E-state index is 9.87. The number of rotatable bonds is 3. The van der Waals surface area contributed by atoms with Gasteiger partial charge in [-0.15, -0.1) is 0 Å². The third-order valence-electron chi connectivity index (χ3n) is 2.54. The topological polar surface area (TPSA) is 55.5 Å². The monoisotopic (exact) mass is 229 g/mol. The molecule has 0 aliphatic rings. The predicted octanol–water partition coefficient (Wildman–Crippen LogP) is 3.04. The van der Waals surface area contributed by atoms with Gasteiger partial charge in [-0.25, -0.2) is 0 Å². The van der Waals surface area contributed by atoms with Crippen LogP contribution in [0.1, 0.15) is 6.92 Å². The van der Waals surface area contributed by atoms with E-state index in [1.165, 1.54) is 0 Å². The zero-order chi connectivity index (χ0) is 12.3. The van der Waals surface area contributed by atoms with Crippen LogP contribution in [-0.4, -0.2) is 11.7 Å². The van der Waals surface area contributed by atoms with Gasteiger partial charge in [0.15, 0.2) is 0 Å². The third-order valence-corrected chi connectivity index (χ3v) is 2.54.